The van der Waals surface area contributed by atoms with Gasteiger partial charge in [0.2, 0.25) is 5.91 Å². The summed E-state index contributed by atoms with van der Waals surface area (Å²) in [6.45, 7) is 1.24. The summed E-state index contributed by atoms with van der Waals surface area (Å²) < 4.78 is 23.8. The van der Waals surface area contributed by atoms with Crippen LogP contribution in [0.1, 0.15) is 17.2 Å². The van der Waals surface area contributed by atoms with Gasteiger partial charge in [-0.3, -0.25) is 9.69 Å². The van der Waals surface area contributed by atoms with Crippen molar-refractivity contribution in [3.63, 3.8) is 0 Å². The number of carbonyl (C=O) groups excluding carboxylic acids is 1. The highest BCUT2D eigenvalue weighted by Crippen LogP contribution is 2.26. The lowest BCUT2D eigenvalue weighted by Gasteiger charge is -2.36. The maximum absolute atomic E-state index is 13.6. The number of carbonyl (C=O) groups is 1. The molecule has 1 atom stereocenters. The molecule has 1 heterocycles. The number of sulfone groups is 1. The second-order valence-electron chi connectivity index (χ2n) is 7.83. The highest BCUT2D eigenvalue weighted by Gasteiger charge is 2.34. The molecule has 1 saturated heterocycles. The molecule has 1 amide bonds. The first-order valence-corrected chi connectivity index (χ1v) is 12.0. The van der Waals surface area contributed by atoms with Crippen molar-refractivity contribution in [2.75, 3.05) is 31.6 Å². The Hall–Kier alpha value is -2.70. The largest absolute Gasteiger partial charge is 0.340 e. The summed E-state index contributed by atoms with van der Waals surface area (Å²) in [6.07, 6.45) is 0. The van der Waals surface area contributed by atoms with Crippen LogP contribution >= 0.6 is 0 Å². The lowest BCUT2D eigenvalue weighted by atomic mass is 10.0. The van der Waals surface area contributed by atoms with Crippen LogP contribution in [0, 0.1) is 0 Å². The molecule has 30 heavy (non-hydrogen) atoms. The molecule has 0 aliphatic carbocycles. The number of likely N-dealkylation sites (N-methyl/N-ethyl adjacent to an activating group) is 1. The molecular formula is C24H26N2O3S. The molecule has 156 valence electrons. The van der Waals surface area contributed by atoms with Crippen molar-refractivity contribution in [1.82, 2.24) is 9.80 Å². The molecule has 6 heteroatoms. The molecule has 0 saturated carbocycles. The Morgan fingerprint density at radius 1 is 0.933 bits per heavy atom. The Labute approximate surface area is 177 Å². The number of hydrogen-bond acceptors (Lipinski definition) is 4. The fourth-order valence-corrected chi connectivity index (χ4v) is 5.33. The first-order valence-electron chi connectivity index (χ1n) is 10.2. The van der Waals surface area contributed by atoms with Crippen molar-refractivity contribution in [2.45, 2.75) is 12.6 Å². The van der Waals surface area contributed by atoms with Gasteiger partial charge < -0.3 is 4.90 Å². The van der Waals surface area contributed by atoms with Gasteiger partial charge in [0.05, 0.1) is 11.5 Å². The van der Waals surface area contributed by atoms with Crippen molar-refractivity contribution in [3.05, 3.63) is 83.9 Å². The zero-order valence-electron chi connectivity index (χ0n) is 17.1. The van der Waals surface area contributed by atoms with Crippen molar-refractivity contribution < 1.29 is 13.2 Å². The Morgan fingerprint density at radius 3 is 2.30 bits per heavy atom. The number of rotatable bonds is 5. The summed E-state index contributed by atoms with van der Waals surface area (Å²) in [4.78, 5) is 17.3. The van der Waals surface area contributed by atoms with Gasteiger partial charge >= 0.3 is 0 Å². The lowest BCUT2D eigenvalue weighted by Crippen LogP contribution is -2.47. The SMILES string of the molecule is CN(Cc1cccc2ccccc12)C(=O)C(c1ccccc1)N1CCS(=O)(=O)CC1. The minimum absolute atomic E-state index is 0.0200. The third-order valence-corrected chi connectivity index (χ3v) is 7.37. The Balaban J connectivity index is 1.61. The van der Waals surface area contributed by atoms with E-state index in [4.69, 9.17) is 0 Å². The van der Waals surface area contributed by atoms with E-state index in [0.717, 1.165) is 21.9 Å². The van der Waals surface area contributed by atoms with Crippen LogP contribution < -0.4 is 0 Å². The van der Waals surface area contributed by atoms with E-state index in [1.807, 2.05) is 60.5 Å². The molecular weight excluding hydrogens is 396 g/mol. The van der Waals surface area contributed by atoms with Gasteiger partial charge in [-0.2, -0.15) is 0 Å². The molecule has 1 fully saturated rings. The molecule has 1 unspecified atom stereocenters. The Bertz CT molecular complexity index is 1130. The maximum Gasteiger partial charge on any atom is 0.244 e. The fourth-order valence-electron chi connectivity index (χ4n) is 4.10. The fraction of sp³-hybridized carbons (Fsp3) is 0.292. The number of fused-ring (bicyclic) bond motifs is 1. The van der Waals surface area contributed by atoms with E-state index in [1.54, 1.807) is 4.90 Å². The monoisotopic (exact) mass is 422 g/mol. The zero-order valence-corrected chi connectivity index (χ0v) is 17.9. The van der Waals surface area contributed by atoms with Crippen LogP contribution in [0.15, 0.2) is 72.8 Å². The molecule has 0 N–H and O–H groups in total. The molecule has 0 aromatic heterocycles. The minimum atomic E-state index is -3.02. The maximum atomic E-state index is 13.6. The van der Waals surface area contributed by atoms with Crippen LogP contribution in [0.5, 0.6) is 0 Å². The van der Waals surface area contributed by atoms with Gasteiger partial charge in [0.15, 0.2) is 9.84 Å². The molecule has 1 aliphatic heterocycles. The van der Waals surface area contributed by atoms with E-state index < -0.39 is 15.9 Å². The van der Waals surface area contributed by atoms with E-state index in [-0.39, 0.29) is 17.4 Å². The third-order valence-electron chi connectivity index (χ3n) is 5.76. The van der Waals surface area contributed by atoms with Crippen LogP contribution in [0.4, 0.5) is 0 Å². The molecule has 4 rings (SSSR count). The van der Waals surface area contributed by atoms with Crippen LogP contribution in [-0.4, -0.2) is 55.8 Å². The van der Waals surface area contributed by atoms with Gasteiger partial charge in [0.1, 0.15) is 6.04 Å². The normalized spacial score (nSPS) is 17.5. The van der Waals surface area contributed by atoms with Crippen LogP contribution in [0.2, 0.25) is 0 Å². The second kappa shape index (κ2) is 8.58. The summed E-state index contributed by atoms with van der Waals surface area (Å²) in [6, 6.07) is 23.5. The summed E-state index contributed by atoms with van der Waals surface area (Å²) >= 11 is 0. The predicted octanol–water partition coefficient (Wildman–Crippen LogP) is 3.27. The predicted molar refractivity (Wildman–Crippen MR) is 120 cm³/mol. The van der Waals surface area contributed by atoms with Crippen LogP contribution in [0.3, 0.4) is 0 Å². The minimum Gasteiger partial charge on any atom is -0.340 e. The summed E-state index contributed by atoms with van der Waals surface area (Å²) in [5.74, 6) is 0.168. The Kier molecular flexibility index (Phi) is 5.88. The molecule has 3 aromatic carbocycles. The van der Waals surface area contributed by atoms with Gasteiger partial charge in [0.25, 0.3) is 0 Å². The summed E-state index contributed by atoms with van der Waals surface area (Å²) in [5.41, 5.74) is 1.99. The van der Waals surface area contributed by atoms with Gasteiger partial charge in [0, 0.05) is 26.7 Å². The van der Waals surface area contributed by atoms with E-state index in [2.05, 4.69) is 24.3 Å². The molecule has 0 bridgehead atoms. The molecule has 0 spiro atoms. The smallest absolute Gasteiger partial charge is 0.244 e. The first-order chi connectivity index (χ1) is 14.4. The third kappa shape index (κ3) is 4.40. The van der Waals surface area contributed by atoms with E-state index in [9.17, 15) is 13.2 Å². The average molecular weight is 423 g/mol. The van der Waals surface area contributed by atoms with Crippen molar-refractivity contribution in [3.8, 4) is 0 Å². The van der Waals surface area contributed by atoms with Gasteiger partial charge in [-0.25, -0.2) is 8.42 Å². The van der Waals surface area contributed by atoms with Crippen molar-refractivity contribution in [2.24, 2.45) is 0 Å². The van der Waals surface area contributed by atoms with Crippen LogP contribution in [-0.2, 0) is 21.2 Å². The second-order valence-corrected chi connectivity index (χ2v) is 10.1. The topological polar surface area (TPSA) is 57.7 Å². The lowest BCUT2D eigenvalue weighted by molar-refractivity contribution is -0.136. The van der Waals surface area contributed by atoms with Gasteiger partial charge in [-0.05, 0) is 21.9 Å². The van der Waals surface area contributed by atoms with E-state index in [0.29, 0.717) is 19.6 Å². The average Bonchev–Trinajstić information content (AvgIpc) is 2.76. The molecule has 1 aliphatic rings. The molecule has 3 aromatic rings. The zero-order chi connectivity index (χ0) is 21.1. The standard InChI is InChI=1S/C24H26N2O3S/c1-25(18-21-12-7-11-19-8-5-6-13-22(19)21)24(27)23(20-9-3-2-4-10-20)26-14-16-30(28,29)17-15-26/h2-13,23H,14-18H2,1H3. The van der Waals surface area contributed by atoms with Crippen molar-refractivity contribution in [1.29, 1.82) is 0 Å². The van der Waals surface area contributed by atoms with Gasteiger partial charge in [-0.15, -0.1) is 0 Å². The number of benzene rings is 3. The van der Waals surface area contributed by atoms with E-state index in [1.165, 1.54) is 0 Å². The summed E-state index contributed by atoms with van der Waals surface area (Å²) in [5, 5.41) is 2.29. The number of nitrogens with zero attached hydrogens (tertiary/aromatic N) is 2. The first kappa shape index (κ1) is 20.6. The Morgan fingerprint density at radius 2 is 1.57 bits per heavy atom. The van der Waals surface area contributed by atoms with E-state index >= 15 is 0 Å². The number of amides is 1. The van der Waals surface area contributed by atoms with Crippen LogP contribution in [0.25, 0.3) is 10.8 Å². The molecule has 5 nitrogen and oxygen atoms in total. The highest BCUT2D eigenvalue weighted by molar-refractivity contribution is 7.91. The highest BCUT2D eigenvalue weighted by atomic mass is 32.2. The summed E-state index contributed by atoms with van der Waals surface area (Å²) in [7, 11) is -1.20. The number of hydrogen-bond donors (Lipinski definition) is 0. The molecule has 0 radical (unpaired) electrons. The van der Waals surface area contributed by atoms with Gasteiger partial charge in [-0.1, -0.05) is 72.8 Å². The quantitative estimate of drug-likeness (QED) is 0.633. The van der Waals surface area contributed by atoms with Crippen molar-refractivity contribution >= 4 is 26.5 Å².